The third-order valence-electron chi connectivity index (χ3n) is 4.61. The van der Waals surface area contributed by atoms with Crippen LogP contribution in [-0.2, 0) is 14.3 Å². The molecule has 1 aliphatic heterocycles. The maximum atomic E-state index is 12.7. The first-order valence-electron chi connectivity index (χ1n) is 8.12. The van der Waals surface area contributed by atoms with Crippen LogP contribution in [0, 0.1) is 0 Å². The van der Waals surface area contributed by atoms with Gasteiger partial charge in [0.1, 0.15) is 5.75 Å². The van der Waals surface area contributed by atoms with Crippen LogP contribution in [0.1, 0.15) is 37.7 Å². The highest BCUT2D eigenvalue weighted by molar-refractivity contribution is 5.79. The lowest BCUT2D eigenvalue weighted by Gasteiger charge is -2.25. The van der Waals surface area contributed by atoms with Crippen LogP contribution in [0.15, 0.2) is 24.3 Å². The molecule has 3 atom stereocenters. The molecule has 0 spiro atoms. The van der Waals surface area contributed by atoms with E-state index in [-0.39, 0.29) is 30.4 Å². The number of amides is 1. The van der Waals surface area contributed by atoms with Crippen LogP contribution in [-0.4, -0.2) is 54.8 Å². The van der Waals surface area contributed by atoms with Crippen molar-refractivity contribution in [3.63, 3.8) is 0 Å². The number of nitrogens with zero attached hydrogens (tertiary/aromatic N) is 1. The standard InChI is InChI=1S/C18H25NO5/c1-12(13-4-6-15(23-2)7-5-13)8-17(20)19-11-16(24-3)9-14(19)10-18(21)22/h4-7,12,14,16H,8-11H2,1-3H3,(H,21,22). The van der Waals surface area contributed by atoms with Crippen molar-refractivity contribution < 1.29 is 24.2 Å². The van der Waals surface area contributed by atoms with E-state index in [0.717, 1.165) is 11.3 Å². The number of ether oxygens (including phenoxy) is 2. The molecule has 1 aromatic carbocycles. The Morgan fingerprint density at radius 2 is 1.96 bits per heavy atom. The molecule has 0 bridgehead atoms. The number of carbonyl (C=O) groups is 2. The fourth-order valence-corrected chi connectivity index (χ4v) is 3.17. The van der Waals surface area contributed by atoms with Gasteiger partial charge >= 0.3 is 5.97 Å². The summed E-state index contributed by atoms with van der Waals surface area (Å²) in [5.41, 5.74) is 1.06. The van der Waals surface area contributed by atoms with Gasteiger partial charge in [-0.1, -0.05) is 19.1 Å². The Balaban J connectivity index is 2.01. The maximum absolute atomic E-state index is 12.7. The molecule has 0 radical (unpaired) electrons. The molecule has 0 saturated carbocycles. The number of likely N-dealkylation sites (tertiary alicyclic amines) is 1. The normalized spacial score (nSPS) is 21.5. The Hall–Kier alpha value is -2.08. The zero-order chi connectivity index (χ0) is 17.7. The molecule has 0 aromatic heterocycles. The second-order valence-corrected chi connectivity index (χ2v) is 6.27. The molecule has 1 N–H and O–H groups in total. The number of benzene rings is 1. The molecule has 1 heterocycles. The molecule has 1 aliphatic rings. The number of aliphatic carboxylic acids is 1. The molecule has 24 heavy (non-hydrogen) atoms. The first-order valence-corrected chi connectivity index (χ1v) is 8.12. The maximum Gasteiger partial charge on any atom is 0.305 e. The summed E-state index contributed by atoms with van der Waals surface area (Å²) in [6.07, 6.45) is 0.793. The summed E-state index contributed by atoms with van der Waals surface area (Å²) in [6, 6.07) is 7.37. The predicted octanol–water partition coefficient (Wildman–Crippen LogP) is 2.28. The van der Waals surface area contributed by atoms with Crippen molar-refractivity contribution in [2.75, 3.05) is 20.8 Å². The third-order valence-corrected chi connectivity index (χ3v) is 4.61. The minimum atomic E-state index is -0.891. The van der Waals surface area contributed by atoms with Gasteiger partial charge in [-0.15, -0.1) is 0 Å². The quantitative estimate of drug-likeness (QED) is 0.827. The number of carbonyl (C=O) groups excluding carboxylic acids is 1. The predicted molar refractivity (Wildman–Crippen MR) is 89.2 cm³/mol. The summed E-state index contributed by atoms with van der Waals surface area (Å²) in [6.45, 7) is 2.46. The molecule has 0 aliphatic carbocycles. The van der Waals surface area contributed by atoms with Gasteiger partial charge in [0.05, 0.1) is 19.6 Å². The zero-order valence-electron chi connectivity index (χ0n) is 14.4. The Labute approximate surface area is 142 Å². The fraction of sp³-hybridized carbons (Fsp3) is 0.556. The van der Waals surface area contributed by atoms with E-state index in [0.29, 0.717) is 19.4 Å². The van der Waals surface area contributed by atoms with E-state index in [2.05, 4.69) is 0 Å². The van der Waals surface area contributed by atoms with Crippen LogP contribution in [0.2, 0.25) is 0 Å². The number of methoxy groups -OCH3 is 2. The van der Waals surface area contributed by atoms with E-state index in [9.17, 15) is 9.59 Å². The molecule has 132 valence electrons. The van der Waals surface area contributed by atoms with Crippen LogP contribution < -0.4 is 4.74 Å². The molecule has 1 saturated heterocycles. The van der Waals surface area contributed by atoms with Crippen molar-refractivity contribution >= 4 is 11.9 Å². The van der Waals surface area contributed by atoms with E-state index in [1.165, 1.54) is 0 Å². The number of rotatable bonds is 7. The smallest absolute Gasteiger partial charge is 0.305 e. The van der Waals surface area contributed by atoms with Crippen molar-refractivity contribution in [2.24, 2.45) is 0 Å². The highest BCUT2D eigenvalue weighted by atomic mass is 16.5. The van der Waals surface area contributed by atoms with Crippen molar-refractivity contribution in [1.29, 1.82) is 0 Å². The van der Waals surface area contributed by atoms with Crippen LogP contribution in [0.3, 0.4) is 0 Å². The van der Waals surface area contributed by atoms with Gasteiger partial charge in [0.25, 0.3) is 0 Å². The summed E-state index contributed by atoms with van der Waals surface area (Å²) in [7, 11) is 3.21. The molecule has 6 heteroatoms. The summed E-state index contributed by atoms with van der Waals surface area (Å²) < 4.78 is 10.5. The van der Waals surface area contributed by atoms with Crippen molar-refractivity contribution in [3.8, 4) is 5.75 Å². The van der Waals surface area contributed by atoms with E-state index < -0.39 is 5.97 Å². The van der Waals surface area contributed by atoms with Crippen molar-refractivity contribution in [3.05, 3.63) is 29.8 Å². The summed E-state index contributed by atoms with van der Waals surface area (Å²) in [5.74, 6) is -0.0846. The highest BCUT2D eigenvalue weighted by Crippen LogP contribution is 2.27. The lowest BCUT2D eigenvalue weighted by atomic mass is 9.97. The first kappa shape index (κ1) is 18.3. The van der Waals surface area contributed by atoms with Crippen LogP contribution in [0.4, 0.5) is 0 Å². The van der Waals surface area contributed by atoms with E-state index in [4.69, 9.17) is 14.6 Å². The highest BCUT2D eigenvalue weighted by Gasteiger charge is 2.36. The fourth-order valence-electron chi connectivity index (χ4n) is 3.17. The topological polar surface area (TPSA) is 76.1 Å². The zero-order valence-corrected chi connectivity index (χ0v) is 14.4. The van der Waals surface area contributed by atoms with Crippen molar-refractivity contribution in [2.45, 2.75) is 44.2 Å². The summed E-state index contributed by atoms with van der Waals surface area (Å²) in [5, 5.41) is 9.05. The average molecular weight is 335 g/mol. The minimum Gasteiger partial charge on any atom is -0.497 e. The SMILES string of the molecule is COc1ccc(C(C)CC(=O)N2CC(OC)CC2CC(=O)O)cc1. The average Bonchev–Trinajstić information content (AvgIpc) is 2.97. The third kappa shape index (κ3) is 4.47. The van der Waals surface area contributed by atoms with Gasteiger partial charge < -0.3 is 19.5 Å². The van der Waals surface area contributed by atoms with E-state index in [1.807, 2.05) is 31.2 Å². The van der Waals surface area contributed by atoms with E-state index in [1.54, 1.807) is 19.1 Å². The molecule has 2 rings (SSSR count). The number of hydrogen-bond acceptors (Lipinski definition) is 4. The lowest BCUT2D eigenvalue weighted by Crippen LogP contribution is -2.37. The molecule has 1 aromatic rings. The number of carboxylic acids is 1. The van der Waals surface area contributed by atoms with Crippen molar-refractivity contribution in [1.82, 2.24) is 4.90 Å². The van der Waals surface area contributed by atoms with Gasteiger partial charge in [-0.2, -0.15) is 0 Å². The summed E-state index contributed by atoms with van der Waals surface area (Å²) in [4.78, 5) is 25.4. The Bertz CT molecular complexity index is 571. The molecule has 1 amide bonds. The Kier molecular flexibility index (Phi) is 6.20. The number of carboxylic acid groups (broad SMARTS) is 1. The largest absolute Gasteiger partial charge is 0.497 e. The van der Waals surface area contributed by atoms with Gasteiger partial charge in [0.15, 0.2) is 0 Å². The molecular weight excluding hydrogens is 310 g/mol. The monoisotopic (exact) mass is 335 g/mol. The second-order valence-electron chi connectivity index (χ2n) is 6.27. The number of hydrogen-bond donors (Lipinski definition) is 1. The van der Waals surface area contributed by atoms with Gasteiger partial charge in [0.2, 0.25) is 5.91 Å². The Morgan fingerprint density at radius 3 is 2.50 bits per heavy atom. The van der Waals surface area contributed by atoms with Crippen LogP contribution in [0.5, 0.6) is 5.75 Å². The molecule has 1 fully saturated rings. The van der Waals surface area contributed by atoms with Gasteiger partial charge in [-0.05, 0) is 30.0 Å². The van der Waals surface area contributed by atoms with Gasteiger partial charge in [0, 0.05) is 26.1 Å². The van der Waals surface area contributed by atoms with Gasteiger partial charge in [-0.25, -0.2) is 0 Å². The minimum absolute atomic E-state index is 0.0240. The second kappa shape index (κ2) is 8.15. The van der Waals surface area contributed by atoms with Crippen LogP contribution >= 0.6 is 0 Å². The Morgan fingerprint density at radius 1 is 1.29 bits per heavy atom. The molecule has 6 nitrogen and oxygen atoms in total. The van der Waals surface area contributed by atoms with E-state index >= 15 is 0 Å². The van der Waals surface area contributed by atoms with Gasteiger partial charge in [-0.3, -0.25) is 9.59 Å². The molecule has 3 unspecified atom stereocenters. The van der Waals surface area contributed by atoms with Crippen LogP contribution in [0.25, 0.3) is 0 Å². The summed E-state index contributed by atoms with van der Waals surface area (Å²) >= 11 is 0. The molecular formula is C18H25NO5. The first-order chi connectivity index (χ1) is 11.4. The lowest BCUT2D eigenvalue weighted by molar-refractivity contribution is -0.140.